The standard InChI is InChI=1S/C15H26ClN3O/c1-6-7-19-15(12(16)8-18-19)14(17-5)13-9(2)10(3)20-11(13)4/h8-11,13-14,17H,6-7H2,1-5H3. The molecule has 0 bridgehead atoms. The number of rotatable bonds is 5. The van der Waals surface area contributed by atoms with E-state index in [1.807, 2.05) is 11.7 Å². The highest BCUT2D eigenvalue weighted by molar-refractivity contribution is 6.31. The Morgan fingerprint density at radius 3 is 2.60 bits per heavy atom. The fraction of sp³-hybridized carbons (Fsp3) is 0.800. The van der Waals surface area contributed by atoms with E-state index in [0.717, 1.165) is 23.7 Å². The lowest BCUT2D eigenvalue weighted by Gasteiger charge is -2.29. The van der Waals surface area contributed by atoms with E-state index in [4.69, 9.17) is 16.3 Å². The third kappa shape index (κ3) is 2.74. The number of hydrogen-bond donors (Lipinski definition) is 1. The molecule has 0 saturated carbocycles. The maximum absolute atomic E-state index is 6.40. The molecule has 5 atom stereocenters. The summed E-state index contributed by atoms with van der Waals surface area (Å²) in [6.45, 7) is 9.62. The molecule has 0 amide bonds. The van der Waals surface area contributed by atoms with Crippen LogP contribution in [0.5, 0.6) is 0 Å². The van der Waals surface area contributed by atoms with E-state index in [1.165, 1.54) is 0 Å². The summed E-state index contributed by atoms with van der Waals surface area (Å²) in [6, 6.07) is 0.173. The van der Waals surface area contributed by atoms with Crippen LogP contribution in [0.3, 0.4) is 0 Å². The highest BCUT2D eigenvalue weighted by Crippen LogP contribution is 2.42. The van der Waals surface area contributed by atoms with Crippen LogP contribution >= 0.6 is 11.6 Å². The lowest BCUT2D eigenvalue weighted by Crippen LogP contribution is -2.34. The molecule has 1 saturated heterocycles. The summed E-state index contributed by atoms with van der Waals surface area (Å²) in [5.74, 6) is 0.892. The monoisotopic (exact) mass is 299 g/mol. The molecular weight excluding hydrogens is 274 g/mol. The summed E-state index contributed by atoms with van der Waals surface area (Å²) in [5.41, 5.74) is 1.09. The van der Waals surface area contributed by atoms with Crippen molar-refractivity contribution in [2.45, 2.75) is 58.9 Å². The topological polar surface area (TPSA) is 39.1 Å². The van der Waals surface area contributed by atoms with Crippen molar-refractivity contribution in [3.05, 3.63) is 16.9 Å². The van der Waals surface area contributed by atoms with Crippen molar-refractivity contribution >= 4 is 11.6 Å². The Labute approximate surface area is 126 Å². The summed E-state index contributed by atoms with van der Waals surface area (Å²) in [7, 11) is 1.99. The number of ether oxygens (including phenoxy) is 1. The highest BCUT2D eigenvalue weighted by Gasteiger charge is 2.43. The lowest BCUT2D eigenvalue weighted by molar-refractivity contribution is 0.0474. The normalized spacial score (nSPS) is 31.7. The molecule has 20 heavy (non-hydrogen) atoms. The van der Waals surface area contributed by atoms with Gasteiger partial charge in [0.05, 0.1) is 35.2 Å². The van der Waals surface area contributed by atoms with E-state index in [2.05, 4.69) is 38.1 Å². The molecule has 1 aliphatic heterocycles. The van der Waals surface area contributed by atoms with Gasteiger partial charge in [0, 0.05) is 12.5 Å². The van der Waals surface area contributed by atoms with Crippen LogP contribution in [0, 0.1) is 11.8 Å². The van der Waals surface area contributed by atoms with Gasteiger partial charge in [-0.3, -0.25) is 4.68 Å². The van der Waals surface area contributed by atoms with E-state index >= 15 is 0 Å². The second-order valence-corrected chi connectivity index (χ2v) is 6.26. The van der Waals surface area contributed by atoms with Crippen LogP contribution in [0.1, 0.15) is 45.9 Å². The zero-order chi connectivity index (χ0) is 14.9. The van der Waals surface area contributed by atoms with Gasteiger partial charge < -0.3 is 10.1 Å². The average Bonchev–Trinajstić information content (AvgIpc) is 2.87. The quantitative estimate of drug-likeness (QED) is 0.907. The summed E-state index contributed by atoms with van der Waals surface area (Å²) < 4.78 is 8.03. The van der Waals surface area contributed by atoms with Crippen molar-refractivity contribution in [1.82, 2.24) is 15.1 Å². The Morgan fingerprint density at radius 2 is 2.10 bits per heavy atom. The molecule has 2 rings (SSSR count). The highest BCUT2D eigenvalue weighted by atomic mass is 35.5. The molecule has 0 radical (unpaired) electrons. The molecule has 1 aliphatic rings. The van der Waals surface area contributed by atoms with Crippen LogP contribution in [0.4, 0.5) is 0 Å². The van der Waals surface area contributed by atoms with Crippen molar-refractivity contribution in [2.75, 3.05) is 7.05 Å². The second-order valence-electron chi connectivity index (χ2n) is 5.85. The third-order valence-corrected chi connectivity index (χ3v) is 4.87. The van der Waals surface area contributed by atoms with Gasteiger partial charge in [-0.1, -0.05) is 25.4 Å². The molecule has 5 unspecified atom stereocenters. The first-order valence-electron chi connectivity index (χ1n) is 7.55. The van der Waals surface area contributed by atoms with E-state index in [-0.39, 0.29) is 18.2 Å². The molecule has 1 aromatic heterocycles. The molecule has 1 fully saturated rings. The number of aryl methyl sites for hydroxylation is 1. The maximum atomic E-state index is 6.40. The van der Waals surface area contributed by atoms with Gasteiger partial charge in [0.25, 0.3) is 0 Å². The van der Waals surface area contributed by atoms with E-state index in [9.17, 15) is 0 Å². The molecular formula is C15H26ClN3O. The summed E-state index contributed by atoms with van der Waals surface area (Å²) in [6.07, 6.45) is 3.31. The van der Waals surface area contributed by atoms with Crippen molar-refractivity contribution < 1.29 is 4.74 Å². The predicted molar refractivity (Wildman–Crippen MR) is 82.0 cm³/mol. The van der Waals surface area contributed by atoms with E-state index < -0.39 is 0 Å². The Morgan fingerprint density at radius 1 is 1.40 bits per heavy atom. The molecule has 0 aromatic carbocycles. The second kappa shape index (κ2) is 6.46. The maximum Gasteiger partial charge on any atom is 0.0834 e. The van der Waals surface area contributed by atoms with Gasteiger partial charge >= 0.3 is 0 Å². The number of nitrogens with one attached hydrogen (secondary N) is 1. The third-order valence-electron chi connectivity index (χ3n) is 4.58. The molecule has 0 aliphatic carbocycles. The summed E-state index contributed by atoms with van der Waals surface area (Å²) in [4.78, 5) is 0. The number of halogens is 1. The van der Waals surface area contributed by atoms with Gasteiger partial charge in [-0.05, 0) is 33.2 Å². The largest absolute Gasteiger partial charge is 0.375 e. The van der Waals surface area contributed by atoms with E-state index in [1.54, 1.807) is 6.20 Å². The molecule has 114 valence electrons. The first kappa shape index (κ1) is 15.8. The summed E-state index contributed by atoms with van der Waals surface area (Å²) in [5, 5.41) is 8.61. The number of hydrogen-bond acceptors (Lipinski definition) is 3. The number of aromatic nitrogens is 2. The van der Waals surface area contributed by atoms with Crippen molar-refractivity contribution in [2.24, 2.45) is 11.8 Å². The van der Waals surface area contributed by atoms with Crippen LogP contribution in [0.25, 0.3) is 0 Å². The Hall–Kier alpha value is -0.580. The molecule has 0 spiro atoms. The molecule has 2 heterocycles. The van der Waals surface area contributed by atoms with Crippen molar-refractivity contribution in [3.8, 4) is 0 Å². The fourth-order valence-corrected chi connectivity index (χ4v) is 3.71. The Balaban J connectivity index is 2.35. The van der Waals surface area contributed by atoms with Gasteiger partial charge in [0.1, 0.15) is 0 Å². The Bertz CT molecular complexity index is 448. The van der Waals surface area contributed by atoms with Crippen LogP contribution in [-0.2, 0) is 11.3 Å². The van der Waals surface area contributed by atoms with Crippen LogP contribution in [0.2, 0.25) is 5.02 Å². The zero-order valence-electron chi connectivity index (χ0n) is 13.1. The Kier molecular flexibility index (Phi) is 5.10. The smallest absolute Gasteiger partial charge is 0.0834 e. The van der Waals surface area contributed by atoms with Crippen molar-refractivity contribution in [3.63, 3.8) is 0 Å². The van der Waals surface area contributed by atoms with Gasteiger partial charge in [-0.25, -0.2) is 0 Å². The van der Waals surface area contributed by atoms with Crippen LogP contribution in [0.15, 0.2) is 6.20 Å². The molecule has 1 N–H and O–H groups in total. The van der Waals surface area contributed by atoms with Gasteiger partial charge in [-0.15, -0.1) is 0 Å². The average molecular weight is 300 g/mol. The minimum Gasteiger partial charge on any atom is -0.375 e. The minimum atomic E-state index is 0.173. The van der Waals surface area contributed by atoms with Crippen LogP contribution in [-0.4, -0.2) is 29.0 Å². The van der Waals surface area contributed by atoms with E-state index in [0.29, 0.717) is 11.8 Å². The first-order chi connectivity index (χ1) is 9.51. The van der Waals surface area contributed by atoms with Crippen molar-refractivity contribution in [1.29, 1.82) is 0 Å². The zero-order valence-corrected chi connectivity index (χ0v) is 13.8. The SMILES string of the molecule is CCCn1ncc(Cl)c1C(NC)C1C(C)OC(C)C1C. The van der Waals surface area contributed by atoms with Gasteiger partial charge in [0.2, 0.25) is 0 Å². The molecule has 5 heteroatoms. The van der Waals surface area contributed by atoms with Gasteiger partial charge in [0.15, 0.2) is 0 Å². The first-order valence-corrected chi connectivity index (χ1v) is 7.92. The summed E-state index contributed by atoms with van der Waals surface area (Å²) >= 11 is 6.40. The lowest BCUT2D eigenvalue weighted by atomic mass is 9.82. The fourth-order valence-electron chi connectivity index (χ4n) is 3.45. The minimum absolute atomic E-state index is 0.173. The molecule has 1 aromatic rings. The number of nitrogens with zero attached hydrogens (tertiary/aromatic N) is 2. The predicted octanol–water partition coefficient (Wildman–Crippen LogP) is 3.27. The van der Waals surface area contributed by atoms with Gasteiger partial charge in [-0.2, -0.15) is 5.10 Å². The molecule has 4 nitrogen and oxygen atoms in total. The van der Waals surface area contributed by atoms with Crippen LogP contribution < -0.4 is 5.32 Å².